The van der Waals surface area contributed by atoms with Gasteiger partial charge in [0.15, 0.2) is 0 Å². The highest BCUT2D eigenvalue weighted by Crippen LogP contribution is 2.30. The molecule has 2 N–H and O–H groups in total. The molecule has 4 heterocycles. The first-order chi connectivity index (χ1) is 11.9. The van der Waals surface area contributed by atoms with Gasteiger partial charge in [-0.2, -0.15) is 5.10 Å². The molecule has 5 rings (SSSR count). The summed E-state index contributed by atoms with van der Waals surface area (Å²) in [5, 5.41) is 9.74. The Bertz CT molecular complexity index is 1120. The highest BCUT2D eigenvalue weighted by Gasteiger charge is 2.12. The lowest BCUT2D eigenvalue weighted by molar-refractivity contribution is 1.12. The molecule has 5 nitrogen and oxygen atoms in total. The Morgan fingerprint density at radius 2 is 1.88 bits per heavy atom. The van der Waals surface area contributed by atoms with Crippen molar-refractivity contribution >= 4 is 21.8 Å². The molecule has 1 aromatic carbocycles. The summed E-state index contributed by atoms with van der Waals surface area (Å²) in [4.78, 5) is 12.0. The van der Waals surface area contributed by atoms with Crippen LogP contribution in [0, 0.1) is 0 Å². The molecule has 0 spiro atoms. The number of fused-ring (bicyclic) bond motifs is 2. The molecule has 114 valence electrons. The second-order valence-corrected chi connectivity index (χ2v) is 5.69. The fourth-order valence-corrected chi connectivity index (χ4v) is 3.01. The van der Waals surface area contributed by atoms with E-state index in [1.165, 1.54) is 0 Å². The normalized spacial score (nSPS) is 11.3. The molecule has 4 aromatic heterocycles. The number of nitrogens with one attached hydrogen (secondary N) is 2. The molecule has 0 bridgehead atoms. The summed E-state index contributed by atoms with van der Waals surface area (Å²) >= 11 is 0. The van der Waals surface area contributed by atoms with Crippen LogP contribution in [0.15, 0.2) is 67.1 Å². The molecule has 24 heavy (non-hydrogen) atoms. The molecular formula is C19H13N5. The lowest BCUT2D eigenvalue weighted by atomic mass is 10.1. The quantitative estimate of drug-likeness (QED) is 0.514. The minimum absolute atomic E-state index is 0.902. The van der Waals surface area contributed by atoms with E-state index in [1.54, 1.807) is 12.4 Å². The maximum Gasteiger partial charge on any atom is 0.116 e. The second kappa shape index (κ2) is 5.03. The first kappa shape index (κ1) is 13.0. The van der Waals surface area contributed by atoms with Gasteiger partial charge in [0.25, 0.3) is 0 Å². The van der Waals surface area contributed by atoms with Crippen LogP contribution in [0.25, 0.3) is 44.5 Å². The zero-order valence-corrected chi connectivity index (χ0v) is 12.7. The van der Waals surface area contributed by atoms with Crippen LogP contribution in [0.4, 0.5) is 0 Å². The first-order valence-corrected chi connectivity index (χ1v) is 7.71. The van der Waals surface area contributed by atoms with E-state index in [0.29, 0.717) is 0 Å². The Hall–Kier alpha value is -3.47. The van der Waals surface area contributed by atoms with E-state index in [9.17, 15) is 0 Å². The standard InChI is InChI=1S/C19H13N5/c1-2-7-21-15(3-1)12-4-5-17-14(9-12)19(24-23-17)18-10-13-11-20-8-6-16(13)22-18/h1-11,22H,(H,23,24). The maximum atomic E-state index is 4.50. The Balaban J connectivity index is 1.71. The van der Waals surface area contributed by atoms with Crippen molar-refractivity contribution in [2.45, 2.75) is 0 Å². The van der Waals surface area contributed by atoms with E-state index in [4.69, 9.17) is 0 Å². The van der Waals surface area contributed by atoms with Crippen molar-refractivity contribution in [3.05, 3.63) is 67.1 Å². The number of nitrogens with zero attached hydrogens (tertiary/aromatic N) is 3. The highest BCUT2D eigenvalue weighted by atomic mass is 15.1. The average molecular weight is 311 g/mol. The van der Waals surface area contributed by atoms with Crippen LogP contribution in [0.1, 0.15) is 0 Å². The van der Waals surface area contributed by atoms with Crippen molar-refractivity contribution in [2.75, 3.05) is 0 Å². The number of rotatable bonds is 2. The third-order valence-corrected chi connectivity index (χ3v) is 4.20. The lowest BCUT2D eigenvalue weighted by Gasteiger charge is -2.01. The summed E-state index contributed by atoms with van der Waals surface area (Å²) in [7, 11) is 0. The van der Waals surface area contributed by atoms with Crippen LogP contribution in [-0.4, -0.2) is 25.1 Å². The van der Waals surface area contributed by atoms with Crippen LogP contribution >= 0.6 is 0 Å². The molecule has 5 aromatic rings. The third-order valence-electron chi connectivity index (χ3n) is 4.20. The molecule has 0 aliphatic heterocycles. The number of benzene rings is 1. The smallest absolute Gasteiger partial charge is 0.116 e. The molecule has 0 fully saturated rings. The first-order valence-electron chi connectivity index (χ1n) is 7.71. The molecule has 0 aliphatic rings. The van der Waals surface area contributed by atoms with Gasteiger partial charge in [-0.3, -0.25) is 15.1 Å². The Labute approximate surface area is 137 Å². The average Bonchev–Trinajstić information content (AvgIpc) is 3.25. The number of hydrogen-bond acceptors (Lipinski definition) is 3. The van der Waals surface area contributed by atoms with E-state index in [1.807, 2.05) is 36.5 Å². The molecule has 0 amide bonds. The van der Waals surface area contributed by atoms with Gasteiger partial charge in [0, 0.05) is 40.4 Å². The molecular weight excluding hydrogens is 298 g/mol. The molecule has 0 atom stereocenters. The van der Waals surface area contributed by atoms with Crippen molar-refractivity contribution in [2.24, 2.45) is 0 Å². The van der Waals surface area contributed by atoms with Crippen LogP contribution in [-0.2, 0) is 0 Å². The molecule has 0 radical (unpaired) electrons. The van der Waals surface area contributed by atoms with Crippen molar-refractivity contribution in [3.8, 4) is 22.6 Å². The third kappa shape index (κ3) is 1.99. The van der Waals surface area contributed by atoms with Crippen molar-refractivity contribution < 1.29 is 0 Å². The van der Waals surface area contributed by atoms with Gasteiger partial charge in [-0.25, -0.2) is 0 Å². The van der Waals surface area contributed by atoms with Gasteiger partial charge in [-0.1, -0.05) is 12.1 Å². The predicted molar refractivity (Wildman–Crippen MR) is 94.4 cm³/mol. The van der Waals surface area contributed by atoms with Gasteiger partial charge >= 0.3 is 0 Å². The highest BCUT2D eigenvalue weighted by molar-refractivity contribution is 5.97. The fraction of sp³-hybridized carbons (Fsp3) is 0. The van der Waals surface area contributed by atoms with Gasteiger partial charge in [0.2, 0.25) is 0 Å². The number of aromatic amines is 2. The maximum absolute atomic E-state index is 4.50. The fourth-order valence-electron chi connectivity index (χ4n) is 3.01. The largest absolute Gasteiger partial charge is 0.353 e. The van der Waals surface area contributed by atoms with E-state index in [0.717, 1.165) is 44.5 Å². The van der Waals surface area contributed by atoms with E-state index in [2.05, 4.69) is 43.3 Å². The van der Waals surface area contributed by atoms with Crippen LogP contribution in [0.3, 0.4) is 0 Å². The van der Waals surface area contributed by atoms with Gasteiger partial charge in [-0.15, -0.1) is 0 Å². The second-order valence-electron chi connectivity index (χ2n) is 5.69. The van der Waals surface area contributed by atoms with Gasteiger partial charge in [0.1, 0.15) is 5.69 Å². The van der Waals surface area contributed by atoms with Crippen LogP contribution in [0.5, 0.6) is 0 Å². The Morgan fingerprint density at radius 1 is 0.875 bits per heavy atom. The summed E-state index contributed by atoms with van der Waals surface area (Å²) < 4.78 is 0. The van der Waals surface area contributed by atoms with E-state index < -0.39 is 0 Å². The molecule has 0 unspecified atom stereocenters. The minimum Gasteiger partial charge on any atom is -0.353 e. The molecule has 5 heteroatoms. The predicted octanol–water partition coefficient (Wildman–Crippen LogP) is 4.17. The number of pyridine rings is 2. The number of aromatic nitrogens is 5. The summed E-state index contributed by atoms with van der Waals surface area (Å²) in [6.45, 7) is 0. The minimum atomic E-state index is 0.902. The molecule has 0 saturated carbocycles. The Morgan fingerprint density at radius 3 is 2.75 bits per heavy atom. The lowest BCUT2D eigenvalue weighted by Crippen LogP contribution is -1.82. The Kier molecular flexibility index (Phi) is 2.72. The monoisotopic (exact) mass is 311 g/mol. The summed E-state index contributed by atoms with van der Waals surface area (Å²) in [6, 6.07) is 16.2. The van der Waals surface area contributed by atoms with Gasteiger partial charge < -0.3 is 4.98 Å². The van der Waals surface area contributed by atoms with Crippen molar-refractivity contribution in [3.63, 3.8) is 0 Å². The summed E-state index contributed by atoms with van der Waals surface area (Å²) in [6.07, 6.45) is 5.44. The van der Waals surface area contributed by atoms with Crippen molar-refractivity contribution in [1.29, 1.82) is 0 Å². The van der Waals surface area contributed by atoms with Gasteiger partial charge in [-0.05, 0) is 36.4 Å². The topological polar surface area (TPSA) is 70.2 Å². The number of H-pyrrole nitrogens is 2. The van der Waals surface area contributed by atoms with Crippen LogP contribution < -0.4 is 0 Å². The van der Waals surface area contributed by atoms with Crippen LogP contribution in [0.2, 0.25) is 0 Å². The molecule has 0 saturated heterocycles. The molecule has 0 aliphatic carbocycles. The van der Waals surface area contributed by atoms with Crippen molar-refractivity contribution in [1.82, 2.24) is 25.1 Å². The number of hydrogen-bond donors (Lipinski definition) is 2. The zero-order chi connectivity index (χ0) is 15.9. The SMILES string of the molecule is c1ccc(-c2ccc3[nH]nc(-c4cc5cnccc5[nH]4)c3c2)nc1. The summed E-state index contributed by atoms with van der Waals surface area (Å²) in [5.41, 5.74) is 5.95. The zero-order valence-electron chi connectivity index (χ0n) is 12.7. The van der Waals surface area contributed by atoms with E-state index >= 15 is 0 Å². The van der Waals surface area contributed by atoms with E-state index in [-0.39, 0.29) is 0 Å². The van der Waals surface area contributed by atoms with Gasteiger partial charge in [0.05, 0.1) is 16.9 Å². The summed E-state index contributed by atoms with van der Waals surface area (Å²) in [5.74, 6) is 0.